The normalized spacial score (nSPS) is 20.2. The van der Waals surface area contributed by atoms with Crippen LogP contribution in [0.1, 0.15) is 23.8 Å². The minimum absolute atomic E-state index is 0.203. The van der Waals surface area contributed by atoms with Crippen molar-refractivity contribution in [2.24, 2.45) is 5.41 Å². The minimum Gasteiger partial charge on any atom is -0.497 e. The number of carboxylic acids is 1. The molecule has 24 heavy (non-hydrogen) atoms. The SMILES string of the molecule is COc1cccc(-c2cc(C(=O)N3CCC(C)(C(=O)O)C3)[nH]n2)c1. The summed E-state index contributed by atoms with van der Waals surface area (Å²) in [6.45, 7) is 2.29. The molecule has 0 bridgehead atoms. The molecular weight excluding hydrogens is 310 g/mol. The summed E-state index contributed by atoms with van der Waals surface area (Å²) in [5.41, 5.74) is 0.937. The van der Waals surface area contributed by atoms with Crippen LogP contribution in [0.25, 0.3) is 11.3 Å². The zero-order chi connectivity index (χ0) is 17.3. The summed E-state index contributed by atoms with van der Waals surface area (Å²) >= 11 is 0. The molecule has 1 aromatic heterocycles. The van der Waals surface area contributed by atoms with Crippen LogP contribution in [0.15, 0.2) is 30.3 Å². The van der Waals surface area contributed by atoms with Gasteiger partial charge in [0.15, 0.2) is 0 Å². The van der Waals surface area contributed by atoms with Crippen LogP contribution in [-0.4, -0.2) is 52.3 Å². The standard InChI is InChI=1S/C17H19N3O4/c1-17(16(22)23)6-7-20(10-17)15(21)14-9-13(18-19-14)11-4-3-5-12(8-11)24-2/h3-5,8-9H,6-7,10H2,1-2H3,(H,18,19)(H,22,23). The number of likely N-dealkylation sites (tertiary alicyclic amines) is 1. The lowest BCUT2D eigenvalue weighted by atomic mass is 9.90. The highest BCUT2D eigenvalue weighted by atomic mass is 16.5. The van der Waals surface area contributed by atoms with Crippen LogP contribution >= 0.6 is 0 Å². The topological polar surface area (TPSA) is 95.5 Å². The van der Waals surface area contributed by atoms with E-state index in [1.54, 1.807) is 25.0 Å². The average Bonchev–Trinajstić information content (AvgIpc) is 3.22. The molecule has 0 saturated carbocycles. The maximum Gasteiger partial charge on any atom is 0.311 e. The Kier molecular flexibility index (Phi) is 4.01. The number of methoxy groups -OCH3 is 1. The predicted octanol–water partition coefficient (Wildman–Crippen LogP) is 2.02. The Morgan fingerprint density at radius 3 is 2.83 bits per heavy atom. The molecule has 7 nitrogen and oxygen atoms in total. The molecule has 1 aliphatic rings. The monoisotopic (exact) mass is 329 g/mol. The smallest absolute Gasteiger partial charge is 0.311 e. The fourth-order valence-corrected chi connectivity index (χ4v) is 2.84. The van der Waals surface area contributed by atoms with Gasteiger partial charge in [-0.15, -0.1) is 0 Å². The molecule has 7 heteroatoms. The Morgan fingerprint density at radius 1 is 1.38 bits per heavy atom. The largest absolute Gasteiger partial charge is 0.497 e. The lowest BCUT2D eigenvalue weighted by molar-refractivity contribution is -0.147. The number of rotatable bonds is 4. The Bertz CT molecular complexity index is 786. The summed E-state index contributed by atoms with van der Waals surface area (Å²) in [7, 11) is 1.59. The fourth-order valence-electron chi connectivity index (χ4n) is 2.84. The van der Waals surface area contributed by atoms with Crippen LogP contribution in [0, 0.1) is 5.41 Å². The Balaban J connectivity index is 1.78. The highest BCUT2D eigenvalue weighted by molar-refractivity contribution is 5.94. The zero-order valence-corrected chi connectivity index (χ0v) is 13.6. The van der Waals surface area contributed by atoms with E-state index in [1.165, 1.54) is 0 Å². The third-order valence-corrected chi connectivity index (χ3v) is 4.45. The lowest BCUT2D eigenvalue weighted by Gasteiger charge is -2.19. The van der Waals surface area contributed by atoms with Crippen molar-refractivity contribution in [3.05, 3.63) is 36.0 Å². The Morgan fingerprint density at radius 2 is 2.17 bits per heavy atom. The van der Waals surface area contributed by atoms with Gasteiger partial charge in [0, 0.05) is 18.7 Å². The van der Waals surface area contributed by atoms with Crippen molar-refractivity contribution in [2.45, 2.75) is 13.3 Å². The second-order valence-electron chi connectivity index (χ2n) is 6.24. The van der Waals surface area contributed by atoms with Crippen molar-refractivity contribution in [3.8, 4) is 17.0 Å². The van der Waals surface area contributed by atoms with Crippen molar-refractivity contribution in [2.75, 3.05) is 20.2 Å². The maximum absolute atomic E-state index is 12.6. The van der Waals surface area contributed by atoms with Gasteiger partial charge < -0.3 is 14.7 Å². The summed E-state index contributed by atoms with van der Waals surface area (Å²) in [6.07, 6.45) is 0.449. The van der Waals surface area contributed by atoms with Crippen LogP contribution in [-0.2, 0) is 4.79 Å². The number of nitrogens with zero attached hydrogens (tertiary/aromatic N) is 2. The molecule has 1 amide bonds. The van der Waals surface area contributed by atoms with Crippen LogP contribution in [0.2, 0.25) is 0 Å². The number of carbonyl (C=O) groups is 2. The number of hydrogen-bond acceptors (Lipinski definition) is 4. The molecule has 1 aliphatic heterocycles. The summed E-state index contributed by atoms with van der Waals surface area (Å²) in [5.74, 6) is -0.402. The highest BCUT2D eigenvalue weighted by Crippen LogP contribution is 2.31. The van der Waals surface area contributed by atoms with E-state index in [9.17, 15) is 14.7 Å². The average molecular weight is 329 g/mol. The van der Waals surface area contributed by atoms with Gasteiger partial charge in [0.2, 0.25) is 0 Å². The Labute approximate surface area is 139 Å². The predicted molar refractivity (Wildman–Crippen MR) is 86.8 cm³/mol. The molecule has 2 N–H and O–H groups in total. The van der Waals surface area contributed by atoms with Gasteiger partial charge in [0.25, 0.3) is 5.91 Å². The fraction of sp³-hybridized carbons (Fsp3) is 0.353. The van der Waals surface area contributed by atoms with Crippen molar-refractivity contribution >= 4 is 11.9 Å². The first-order chi connectivity index (χ1) is 11.4. The lowest BCUT2D eigenvalue weighted by Crippen LogP contribution is -2.35. The maximum atomic E-state index is 12.6. The van der Waals surface area contributed by atoms with Gasteiger partial charge in [0.1, 0.15) is 11.4 Å². The molecule has 1 aromatic carbocycles. The van der Waals surface area contributed by atoms with E-state index >= 15 is 0 Å². The molecule has 126 valence electrons. The minimum atomic E-state index is -0.884. The van der Waals surface area contributed by atoms with Gasteiger partial charge in [-0.3, -0.25) is 14.7 Å². The first-order valence-corrected chi connectivity index (χ1v) is 7.65. The van der Waals surface area contributed by atoms with E-state index < -0.39 is 11.4 Å². The Hall–Kier alpha value is -2.83. The van der Waals surface area contributed by atoms with Gasteiger partial charge in [-0.25, -0.2) is 0 Å². The van der Waals surface area contributed by atoms with Gasteiger partial charge in [-0.1, -0.05) is 12.1 Å². The van der Waals surface area contributed by atoms with E-state index in [0.717, 1.165) is 5.56 Å². The van der Waals surface area contributed by atoms with Gasteiger partial charge in [-0.05, 0) is 31.5 Å². The quantitative estimate of drug-likeness (QED) is 0.895. The van der Waals surface area contributed by atoms with Gasteiger partial charge in [0.05, 0.1) is 18.2 Å². The second kappa shape index (κ2) is 5.99. The van der Waals surface area contributed by atoms with E-state index in [1.807, 2.05) is 24.3 Å². The summed E-state index contributed by atoms with van der Waals surface area (Å²) < 4.78 is 5.19. The number of carbonyl (C=O) groups excluding carboxylic acids is 1. The second-order valence-corrected chi connectivity index (χ2v) is 6.24. The summed E-state index contributed by atoms with van der Waals surface area (Å²) in [4.78, 5) is 25.4. The molecule has 1 fully saturated rings. The third kappa shape index (κ3) is 2.84. The van der Waals surface area contributed by atoms with Crippen LogP contribution in [0.3, 0.4) is 0 Å². The molecule has 1 atom stereocenters. The molecular formula is C17H19N3O4. The van der Waals surface area contributed by atoms with Crippen molar-refractivity contribution in [1.29, 1.82) is 0 Å². The first kappa shape index (κ1) is 16.0. The summed E-state index contributed by atoms with van der Waals surface area (Å²) in [5, 5.41) is 16.2. The van der Waals surface area contributed by atoms with E-state index in [-0.39, 0.29) is 12.5 Å². The molecule has 0 spiro atoms. The molecule has 1 unspecified atom stereocenters. The zero-order valence-electron chi connectivity index (χ0n) is 13.6. The van der Waals surface area contributed by atoms with E-state index in [0.29, 0.717) is 30.1 Å². The number of amides is 1. The number of aromatic amines is 1. The van der Waals surface area contributed by atoms with Crippen molar-refractivity contribution < 1.29 is 19.4 Å². The molecule has 0 radical (unpaired) electrons. The van der Waals surface area contributed by atoms with E-state index in [4.69, 9.17) is 4.74 Å². The number of aliphatic carboxylic acids is 1. The molecule has 2 heterocycles. The third-order valence-electron chi connectivity index (χ3n) is 4.45. The van der Waals surface area contributed by atoms with Crippen LogP contribution < -0.4 is 4.74 Å². The number of ether oxygens (including phenoxy) is 1. The number of hydrogen-bond donors (Lipinski definition) is 2. The van der Waals surface area contributed by atoms with Crippen LogP contribution in [0.5, 0.6) is 5.75 Å². The highest BCUT2D eigenvalue weighted by Gasteiger charge is 2.42. The number of carboxylic acid groups (broad SMARTS) is 1. The van der Waals surface area contributed by atoms with Crippen molar-refractivity contribution in [1.82, 2.24) is 15.1 Å². The molecule has 1 saturated heterocycles. The van der Waals surface area contributed by atoms with E-state index in [2.05, 4.69) is 10.2 Å². The number of H-pyrrole nitrogens is 1. The first-order valence-electron chi connectivity index (χ1n) is 7.65. The van der Waals surface area contributed by atoms with Gasteiger partial charge >= 0.3 is 5.97 Å². The summed E-state index contributed by atoms with van der Waals surface area (Å²) in [6, 6.07) is 9.07. The number of aromatic nitrogens is 2. The van der Waals surface area contributed by atoms with Crippen LogP contribution in [0.4, 0.5) is 0 Å². The molecule has 2 aromatic rings. The van der Waals surface area contributed by atoms with Gasteiger partial charge in [-0.2, -0.15) is 5.10 Å². The molecule has 3 rings (SSSR count). The van der Waals surface area contributed by atoms with Crippen molar-refractivity contribution in [3.63, 3.8) is 0 Å². The molecule has 0 aliphatic carbocycles. The number of benzene rings is 1. The number of nitrogens with one attached hydrogen (secondary N) is 1.